The highest BCUT2D eigenvalue weighted by molar-refractivity contribution is 7.98. The lowest BCUT2D eigenvalue weighted by Gasteiger charge is -2.36. The monoisotopic (exact) mass is 473 g/mol. The van der Waals surface area contributed by atoms with Crippen molar-refractivity contribution in [2.75, 3.05) is 49.3 Å². The highest BCUT2D eigenvalue weighted by Crippen LogP contribution is 2.44. The van der Waals surface area contributed by atoms with Crippen LogP contribution in [0.3, 0.4) is 0 Å². The summed E-state index contributed by atoms with van der Waals surface area (Å²) in [5, 5.41) is 5.54. The summed E-state index contributed by atoms with van der Waals surface area (Å²) in [6.07, 6.45) is 2.88. The van der Waals surface area contributed by atoms with Gasteiger partial charge in [0.25, 0.3) is 0 Å². The third-order valence-corrected chi connectivity index (χ3v) is 7.65. The Kier molecular flexibility index (Phi) is 5.94. The molecule has 0 aliphatic carbocycles. The van der Waals surface area contributed by atoms with Gasteiger partial charge in [-0.15, -0.1) is 11.3 Å². The Bertz CT molecular complexity index is 1150. The molecule has 7 nitrogen and oxygen atoms in total. The molecule has 1 saturated heterocycles. The van der Waals surface area contributed by atoms with Gasteiger partial charge in [0.15, 0.2) is 5.16 Å². The maximum absolute atomic E-state index is 6.25. The molecule has 0 radical (unpaired) electrons. The molecule has 1 N–H and O–H groups in total. The van der Waals surface area contributed by atoms with Gasteiger partial charge in [0, 0.05) is 37.0 Å². The quantitative estimate of drug-likeness (QED) is 0.422. The molecule has 2 aliphatic heterocycles. The zero-order valence-corrected chi connectivity index (χ0v) is 21.1. The Morgan fingerprint density at radius 3 is 2.66 bits per heavy atom. The van der Waals surface area contributed by atoms with Gasteiger partial charge < -0.3 is 19.7 Å². The minimum absolute atomic E-state index is 0.216. The first-order chi connectivity index (χ1) is 15.4. The molecule has 1 fully saturated rings. The van der Waals surface area contributed by atoms with E-state index in [-0.39, 0.29) is 5.60 Å². The third-order valence-electron chi connectivity index (χ3n) is 6.02. The fourth-order valence-electron chi connectivity index (χ4n) is 4.38. The second kappa shape index (κ2) is 8.59. The molecule has 5 heterocycles. The number of rotatable bonds is 5. The number of hydrogen-bond donors (Lipinski definition) is 1. The molecule has 2 aliphatic rings. The number of thiophene rings is 1. The first kappa shape index (κ1) is 22.1. The molecular weight excluding hydrogens is 442 g/mol. The van der Waals surface area contributed by atoms with E-state index in [2.05, 4.69) is 37.9 Å². The fourth-order valence-corrected chi connectivity index (χ4v) is 5.86. The van der Waals surface area contributed by atoms with Gasteiger partial charge >= 0.3 is 0 Å². The van der Waals surface area contributed by atoms with E-state index in [1.165, 1.54) is 16.5 Å². The molecule has 9 heteroatoms. The number of nitrogens with one attached hydrogen (secondary N) is 1. The Labute approximate surface area is 197 Å². The summed E-state index contributed by atoms with van der Waals surface area (Å²) in [4.78, 5) is 18.4. The highest BCUT2D eigenvalue weighted by atomic mass is 32.2. The van der Waals surface area contributed by atoms with Crippen LogP contribution in [0.15, 0.2) is 5.16 Å². The summed E-state index contributed by atoms with van der Waals surface area (Å²) in [6, 6.07) is 0. The number of nitrogens with zero attached hydrogens (tertiary/aromatic N) is 4. The van der Waals surface area contributed by atoms with E-state index in [0.29, 0.717) is 12.5 Å². The molecular formula is C23H31N5O2S2. The molecule has 5 rings (SSSR count). The second-order valence-electron chi connectivity index (χ2n) is 9.51. The average Bonchev–Trinajstić information content (AvgIpc) is 3.15. The Hall–Kier alpha value is -1.68. The van der Waals surface area contributed by atoms with Crippen molar-refractivity contribution in [3.05, 3.63) is 11.1 Å². The van der Waals surface area contributed by atoms with E-state index < -0.39 is 0 Å². The van der Waals surface area contributed by atoms with Gasteiger partial charge in [-0.1, -0.05) is 25.6 Å². The number of ether oxygens (including phenoxy) is 2. The van der Waals surface area contributed by atoms with Crippen LogP contribution in [0.1, 0.15) is 38.8 Å². The number of anilines is 2. The first-order valence-electron chi connectivity index (χ1n) is 11.3. The number of pyridine rings is 1. The average molecular weight is 474 g/mol. The van der Waals surface area contributed by atoms with Crippen molar-refractivity contribution in [2.24, 2.45) is 5.92 Å². The maximum atomic E-state index is 6.25. The summed E-state index contributed by atoms with van der Waals surface area (Å²) in [5.41, 5.74) is 3.34. The summed E-state index contributed by atoms with van der Waals surface area (Å²) in [6.45, 7) is 13.4. The summed E-state index contributed by atoms with van der Waals surface area (Å²) >= 11 is 3.29. The fraction of sp³-hybridized carbons (Fsp3) is 0.609. The lowest BCUT2D eigenvalue weighted by Crippen LogP contribution is -2.39. The van der Waals surface area contributed by atoms with Crippen molar-refractivity contribution in [3.8, 4) is 0 Å². The topological polar surface area (TPSA) is 72.4 Å². The van der Waals surface area contributed by atoms with E-state index in [1.807, 2.05) is 6.26 Å². The largest absolute Gasteiger partial charge is 0.378 e. The van der Waals surface area contributed by atoms with Crippen LogP contribution in [0.25, 0.3) is 20.4 Å². The minimum Gasteiger partial charge on any atom is -0.378 e. The summed E-state index contributed by atoms with van der Waals surface area (Å²) in [5.74, 6) is 2.50. The molecule has 0 atom stereocenters. The molecule has 0 aromatic carbocycles. The smallest absolute Gasteiger partial charge is 0.189 e. The number of thioether (sulfide) groups is 1. The molecule has 0 unspecified atom stereocenters. The van der Waals surface area contributed by atoms with Crippen molar-refractivity contribution in [2.45, 2.75) is 51.5 Å². The van der Waals surface area contributed by atoms with E-state index in [1.54, 1.807) is 23.1 Å². The SMILES string of the molecule is CSc1nc(NCC(C)C)c2sc3nc(N4CCOCC4)c4c(c3c2n1)CC(C)(C)OC4. The van der Waals surface area contributed by atoms with Gasteiger partial charge in [0.2, 0.25) is 0 Å². The third kappa shape index (κ3) is 4.04. The predicted molar refractivity (Wildman–Crippen MR) is 133 cm³/mol. The number of hydrogen-bond acceptors (Lipinski definition) is 9. The number of fused-ring (bicyclic) bond motifs is 5. The number of morpholine rings is 1. The summed E-state index contributed by atoms with van der Waals surface area (Å²) < 4.78 is 12.9. The van der Waals surface area contributed by atoms with Gasteiger partial charge in [-0.25, -0.2) is 15.0 Å². The van der Waals surface area contributed by atoms with Crippen LogP contribution < -0.4 is 10.2 Å². The zero-order chi connectivity index (χ0) is 22.5. The molecule has 0 saturated carbocycles. The van der Waals surface area contributed by atoms with Crippen molar-refractivity contribution < 1.29 is 9.47 Å². The van der Waals surface area contributed by atoms with Crippen LogP contribution in [-0.2, 0) is 22.5 Å². The minimum atomic E-state index is -0.216. The Balaban J connectivity index is 1.76. The normalized spacial score (nSPS) is 18.5. The van der Waals surface area contributed by atoms with Crippen LogP contribution >= 0.6 is 23.1 Å². The molecule has 0 bridgehead atoms. The molecule has 3 aromatic heterocycles. The van der Waals surface area contributed by atoms with Gasteiger partial charge in [-0.3, -0.25) is 0 Å². The van der Waals surface area contributed by atoms with E-state index in [0.717, 1.165) is 71.1 Å². The van der Waals surface area contributed by atoms with Gasteiger partial charge in [-0.05, 0) is 31.6 Å². The number of aromatic nitrogens is 3. The second-order valence-corrected chi connectivity index (χ2v) is 11.3. The van der Waals surface area contributed by atoms with Crippen molar-refractivity contribution in [1.29, 1.82) is 0 Å². The van der Waals surface area contributed by atoms with Crippen LogP contribution in [0.2, 0.25) is 0 Å². The van der Waals surface area contributed by atoms with Crippen molar-refractivity contribution in [1.82, 2.24) is 15.0 Å². The van der Waals surface area contributed by atoms with E-state index in [9.17, 15) is 0 Å². The van der Waals surface area contributed by atoms with Crippen LogP contribution in [0.5, 0.6) is 0 Å². The molecule has 3 aromatic rings. The molecule has 0 spiro atoms. The van der Waals surface area contributed by atoms with Gasteiger partial charge in [0.05, 0.1) is 35.6 Å². The van der Waals surface area contributed by atoms with Gasteiger partial charge in [0.1, 0.15) is 16.5 Å². The van der Waals surface area contributed by atoms with Crippen molar-refractivity contribution >= 4 is 55.2 Å². The lowest BCUT2D eigenvalue weighted by molar-refractivity contribution is -0.0396. The molecule has 32 heavy (non-hydrogen) atoms. The first-order valence-corrected chi connectivity index (χ1v) is 13.3. The van der Waals surface area contributed by atoms with Gasteiger partial charge in [-0.2, -0.15) is 0 Å². The van der Waals surface area contributed by atoms with E-state index >= 15 is 0 Å². The predicted octanol–water partition coefficient (Wildman–Crippen LogP) is 4.72. The van der Waals surface area contributed by atoms with Crippen molar-refractivity contribution in [3.63, 3.8) is 0 Å². The Morgan fingerprint density at radius 1 is 1.16 bits per heavy atom. The van der Waals surface area contributed by atoms with Crippen LogP contribution in [-0.4, -0.2) is 59.7 Å². The van der Waals surface area contributed by atoms with E-state index in [4.69, 9.17) is 24.4 Å². The molecule has 172 valence electrons. The standard InChI is InChI=1S/C23H31N5O2S2/c1-13(2)11-24-19-18-17(25-22(26-19)31-5)16-14-10-23(3,4)30-12-15(14)20(27-21(16)32-18)28-6-8-29-9-7-28/h13H,6-12H2,1-5H3,(H,24,25,26). The Morgan fingerprint density at radius 2 is 1.94 bits per heavy atom. The molecule has 0 amide bonds. The van der Waals surface area contributed by atoms with Crippen LogP contribution in [0.4, 0.5) is 11.6 Å². The van der Waals surface area contributed by atoms with Crippen LogP contribution in [0, 0.1) is 5.92 Å². The highest BCUT2D eigenvalue weighted by Gasteiger charge is 2.33. The zero-order valence-electron chi connectivity index (χ0n) is 19.4. The maximum Gasteiger partial charge on any atom is 0.189 e. The lowest BCUT2D eigenvalue weighted by atomic mass is 9.90. The summed E-state index contributed by atoms with van der Waals surface area (Å²) in [7, 11) is 0.